The summed E-state index contributed by atoms with van der Waals surface area (Å²) < 4.78 is 18.2. The predicted octanol–water partition coefficient (Wildman–Crippen LogP) is 1.30. The molecule has 0 aliphatic heterocycles. The first-order chi connectivity index (χ1) is 10.7. The topological polar surface area (TPSA) is 46.1 Å². The number of benzene rings is 2. The van der Waals surface area contributed by atoms with Gasteiger partial charge < -0.3 is 15.2 Å². The van der Waals surface area contributed by atoms with Gasteiger partial charge in [-0.2, -0.15) is 0 Å². The predicted molar refractivity (Wildman–Crippen MR) is 82.3 cm³/mol. The molecule has 4 heteroatoms. The largest absolute Gasteiger partial charge is 0.491 e. The van der Waals surface area contributed by atoms with Gasteiger partial charge >= 0.3 is 0 Å². The Hall–Kier alpha value is -1.91. The third-order valence-electron chi connectivity index (χ3n) is 4.08. The molecule has 0 radical (unpaired) electrons. The van der Waals surface area contributed by atoms with Gasteiger partial charge in [-0.15, -0.1) is 0 Å². The molecule has 1 atom stereocenters. The minimum absolute atomic E-state index is 0.224. The molecule has 0 fully saturated rings. The molecule has 1 aliphatic carbocycles. The molecule has 0 aromatic heterocycles. The van der Waals surface area contributed by atoms with Crippen LogP contribution in [0, 0.1) is 5.82 Å². The average molecular weight is 302 g/mol. The number of aliphatic hydroxyl groups is 1. The highest BCUT2D eigenvalue weighted by Crippen LogP contribution is 2.19. The molecule has 0 heterocycles. The van der Waals surface area contributed by atoms with Gasteiger partial charge in [0.15, 0.2) is 0 Å². The van der Waals surface area contributed by atoms with Crippen LogP contribution in [0.25, 0.3) is 0 Å². The molecule has 116 valence electrons. The maximum Gasteiger partial charge on any atom is 0.137 e. The van der Waals surface area contributed by atoms with Crippen LogP contribution in [0.1, 0.15) is 11.1 Å². The van der Waals surface area contributed by atoms with Gasteiger partial charge in [-0.1, -0.05) is 24.3 Å². The molecule has 0 spiro atoms. The van der Waals surface area contributed by atoms with E-state index in [2.05, 4.69) is 29.6 Å². The number of ether oxygens (including phenoxy) is 1. The summed E-state index contributed by atoms with van der Waals surface area (Å²) in [6, 6.07) is 14.8. The third kappa shape index (κ3) is 3.84. The fraction of sp³-hybridized carbons (Fsp3) is 0.333. The Kier molecular flexibility index (Phi) is 4.71. The Morgan fingerprint density at radius 3 is 2.36 bits per heavy atom. The summed E-state index contributed by atoms with van der Waals surface area (Å²) in [6.45, 7) is 0.835. The van der Waals surface area contributed by atoms with Crippen molar-refractivity contribution in [1.82, 2.24) is 0 Å². The van der Waals surface area contributed by atoms with E-state index < -0.39 is 6.10 Å². The minimum atomic E-state index is -0.534. The lowest BCUT2D eigenvalue weighted by molar-refractivity contribution is -0.693. The van der Waals surface area contributed by atoms with E-state index in [4.69, 9.17) is 4.74 Å². The lowest BCUT2D eigenvalue weighted by Crippen LogP contribution is -2.92. The van der Waals surface area contributed by atoms with Crippen LogP contribution in [0.4, 0.5) is 4.39 Å². The van der Waals surface area contributed by atoms with Crippen molar-refractivity contribution in [2.45, 2.75) is 25.0 Å². The minimum Gasteiger partial charge on any atom is -0.491 e. The van der Waals surface area contributed by atoms with E-state index in [-0.39, 0.29) is 12.4 Å². The summed E-state index contributed by atoms with van der Waals surface area (Å²) in [5.74, 6) is 0.288. The number of rotatable bonds is 6. The van der Waals surface area contributed by atoms with Gasteiger partial charge in [0.1, 0.15) is 30.8 Å². The van der Waals surface area contributed by atoms with E-state index in [9.17, 15) is 9.50 Å². The van der Waals surface area contributed by atoms with Crippen molar-refractivity contribution in [2.24, 2.45) is 0 Å². The second-order valence-corrected chi connectivity index (χ2v) is 5.83. The molecule has 2 aromatic rings. The van der Waals surface area contributed by atoms with Crippen molar-refractivity contribution in [1.29, 1.82) is 0 Å². The number of halogens is 1. The Labute approximate surface area is 129 Å². The normalized spacial score (nSPS) is 15.5. The molecule has 2 aromatic carbocycles. The van der Waals surface area contributed by atoms with Crippen LogP contribution < -0.4 is 10.1 Å². The smallest absolute Gasteiger partial charge is 0.137 e. The van der Waals surface area contributed by atoms with E-state index in [1.807, 2.05) is 0 Å². The van der Waals surface area contributed by atoms with Gasteiger partial charge in [0.25, 0.3) is 0 Å². The monoisotopic (exact) mass is 302 g/mol. The van der Waals surface area contributed by atoms with E-state index in [1.54, 1.807) is 12.1 Å². The number of fused-ring (bicyclic) bond motifs is 1. The van der Waals surface area contributed by atoms with E-state index in [1.165, 1.54) is 23.3 Å². The Balaban J connectivity index is 1.40. The molecule has 0 unspecified atom stereocenters. The van der Waals surface area contributed by atoms with Gasteiger partial charge in [0.2, 0.25) is 0 Å². The van der Waals surface area contributed by atoms with Crippen molar-refractivity contribution >= 4 is 0 Å². The molecule has 3 rings (SSSR count). The van der Waals surface area contributed by atoms with Crippen molar-refractivity contribution in [3.8, 4) is 5.75 Å². The summed E-state index contributed by atoms with van der Waals surface area (Å²) in [7, 11) is 0. The number of quaternary nitrogens is 1. The maximum atomic E-state index is 12.8. The Morgan fingerprint density at radius 1 is 1.09 bits per heavy atom. The first kappa shape index (κ1) is 15.0. The van der Waals surface area contributed by atoms with E-state index in [0.717, 1.165) is 12.8 Å². The molecule has 22 heavy (non-hydrogen) atoms. The second kappa shape index (κ2) is 6.90. The summed E-state index contributed by atoms with van der Waals surface area (Å²) in [5, 5.41) is 12.2. The quantitative estimate of drug-likeness (QED) is 0.845. The van der Waals surface area contributed by atoms with Gasteiger partial charge in [0, 0.05) is 12.8 Å². The number of nitrogens with two attached hydrogens (primary N) is 1. The van der Waals surface area contributed by atoms with Gasteiger partial charge in [0.05, 0.1) is 6.04 Å². The molecular weight excluding hydrogens is 281 g/mol. The average Bonchev–Trinajstić information content (AvgIpc) is 2.95. The molecule has 0 saturated heterocycles. The van der Waals surface area contributed by atoms with Crippen LogP contribution in [0.15, 0.2) is 48.5 Å². The zero-order valence-electron chi connectivity index (χ0n) is 12.4. The van der Waals surface area contributed by atoms with Crippen LogP contribution in [-0.4, -0.2) is 30.4 Å². The summed E-state index contributed by atoms with van der Waals surface area (Å²) in [6.07, 6.45) is 1.58. The van der Waals surface area contributed by atoms with Crippen molar-refractivity contribution in [2.75, 3.05) is 13.2 Å². The number of aliphatic hydroxyl groups excluding tert-OH is 1. The van der Waals surface area contributed by atoms with E-state index >= 15 is 0 Å². The van der Waals surface area contributed by atoms with Crippen molar-refractivity contribution in [3.05, 3.63) is 65.5 Å². The lowest BCUT2D eigenvalue weighted by atomic mass is 10.1. The summed E-state index contributed by atoms with van der Waals surface area (Å²) in [4.78, 5) is 0. The highest BCUT2D eigenvalue weighted by molar-refractivity contribution is 5.32. The second-order valence-electron chi connectivity index (χ2n) is 5.83. The van der Waals surface area contributed by atoms with Crippen LogP contribution in [0.3, 0.4) is 0 Å². The lowest BCUT2D eigenvalue weighted by Gasteiger charge is -2.14. The third-order valence-corrected chi connectivity index (χ3v) is 4.08. The summed E-state index contributed by atoms with van der Waals surface area (Å²) >= 11 is 0. The molecule has 3 N–H and O–H groups in total. The highest BCUT2D eigenvalue weighted by atomic mass is 19.1. The van der Waals surface area contributed by atoms with Gasteiger partial charge in [-0.3, -0.25) is 0 Å². The Bertz CT molecular complexity index is 590. The first-order valence-electron chi connectivity index (χ1n) is 7.67. The van der Waals surface area contributed by atoms with E-state index in [0.29, 0.717) is 18.3 Å². The van der Waals surface area contributed by atoms with Crippen LogP contribution in [0.2, 0.25) is 0 Å². The van der Waals surface area contributed by atoms with Crippen LogP contribution in [-0.2, 0) is 12.8 Å². The molecular formula is C18H21FNO2+. The SMILES string of the molecule is O[C@@H](C[NH2+]C1Cc2ccccc2C1)COc1ccc(F)cc1. The fourth-order valence-electron chi connectivity index (χ4n) is 2.90. The van der Waals surface area contributed by atoms with Gasteiger partial charge in [-0.05, 0) is 35.4 Å². The Morgan fingerprint density at radius 2 is 1.73 bits per heavy atom. The highest BCUT2D eigenvalue weighted by Gasteiger charge is 2.24. The molecule has 3 nitrogen and oxygen atoms in total. The molecule has 1 aliphatic rings. The van der Waals surface area contributed by atoms with Gasteiger partial charge in [-0.25, -0.2) is 4.39 Å². The van der Waals surface area contributed by atoms with Crippen molar-refractivity contribution in [3.63, 3.8) is 0 Å². The molecule has 0 saturated carbocycles. The number of hydrogen-bond acceptors (Lipinski definition) is 2. The maximum absolute atomic E-state index is 12.8. The zero-order chi connectivity index (χ0) is 15.4. The van der Waals surface area contributed by atoms with Crippen LogP contribution in [0.5, 0.6) is 5.75 Å². The summed E-state index contributed by atoms with van der Waals surface area (Å²) in [5.41, 5.74) is 2.83. The van der Waals surface area contributed by atoms with Crippen LogP contribution >= 0.6 is 0 Å². The number of hydrogen-bond donors (Lipinski definition) is 2. The molecule has 0 amide bonds. The van der Waals surface area contributed by atoms with Crippen molar-refractivity contribution < 1.29 is 19.6 Å². The fourth-order valence-corrected chi connectivity index (χ4v) is 2.90. The molecule has 0 bridgehead atoms. The first-order valence-corrected chi connectivity index (χ1v) is 7.67. The standard InChI is InChI=1S/C18H20FNO2/c19-15-5-7-18(8-6-15)22-12-17(21)11-20-16-9-13-3-1-2-4-14(13)10-16/h1-8,16-17,20-21H,9-12H2/p+1/t17-/m0/s1. The zero-order valence-corrected chi connectivity index (χ0v) is 12.4.